The summed E-state index contributed by atoms with van der Waals surface area (Å²) in [5.74, 6) is 1.35. The fraction of sp³-hybridized carbons (Fsp3) is 0.471. The van der Waals surface area contributed by atoms with Gasteiger partial charge in [0.05, 0.1) is 12.7 Å². The van der Waals surface area contributed by atoms with E-state index in [1.165, 1.54) is 19.3 Å². The lowest BCUT2D eigenvalue weighted by atomic mass is 9.95. The molecule has 4 heteroatoms. The maximum absolute atomic E-state index is 12.6. The van der Waals surface area contributed by atoms with Gasteiger partial charge in [-0.25, -0.2) is 0 Å². The number of fused-ring (bicyclic) bond motifs is 1. The van der Waals surface area contributed by atoms with Gasteiger partial charge in [0.15, 0.2) is 0 Å². The molecule has 1 aliphatic rings. The van der Waals surface area contributed by atoms with Gasteiger partial charge in [-0.1, -0.05) is 19.3 Å². The smallest absolute Gasteiger partial charge is 0.255 e. The van der Waals surface area contributed by atoms with Crippen LogP contribution in [0.2, 0.25) is 0 Å². The minimum atomic E-state index is -0.0357. The normalized spacial score (nSPS) is 16.1. The largest absolute Gasteiger partial charge is 0.497 e. The Kier molecular flexibility index (Phi) is 3.86. The highest BCUT2D eigenvalue weighted by Crippen LogP contribution is 2.29. The maximum atomic E-state index is 12.6. The van der Waals surface area contributed by atoms with Crippen LogP contribution in [-0.2, 0) is 0 Å². The fourth-order valence-electron chi connectivity index (χ4n) is 3.11. The zero-order valence-corrected chi connectivity index (χ0v) is 12.6. The van der Waals surface area contributed by atoms with E-state index < -0.39 is 0 Å². The zero-order valence-electron chi connectivity index (χ0n) is 12.6. The Balaban J connectivity index is 1.90. The molecular formula is C17H21NO3. The van der Waals surface area contributed by atoms with Gasteiger partial charge in [0.2, 0.25) is 0 Å². The summed E-state index contributed by atoms with van der Waals surface area (Å²) in [5.41, 5.74) is 1.36. The molecule has 1 aromatic carbocycles. The highest BCUT2D eigenvalue weighted by Gasteiger charge is 2.22. The third kappa shape index (κ3) is 2.75. The van der Waals surface area contributed by atoms with Crippen molar-refractivity contribution in [3.63, 3.8) is 0 Å². The van der Waals surface area contributed by atoms with E-state index in [-0.39, 0.29) is 5.91 Å². The molecule has 21 heavy (non-hydrogen) atoms. The van der Waals surface area contributed by atoms with Crippen molar-refractivity contribution in [1.29, 1.82) is 0 Å². The molecular weight excluding hydrogens is 266 g/mol. The molecule has 1 aliphatic carbocycles. The summed E-state index contributed by atoms with van der Waals surface area (Å²) in [4.78, 5) is 12.6. The van der Waals surface area contributed by atoms with E-state index in [0.29, 0.717) is 17.4 Å². The molecule has 4 nitrogen and oxygen atoms in total. The minimum Gasteiger partial charge on any atom is -0.497 e. The number of nitrogens with one attached hydrogen (secondary N) is 1. The van der Waals surface area contributed by atoms with Crippen LogP contribution in [0.4, 0.5) is 0 Å². The van der Waals surface area contributed by atoms with E-state index in [1.807, 2.05) is 25.1 Å². The Bertz CT molecular complexity index is 653. The molecule has 0 bridgehead atoms. The third-order valence-corrected chi connectivity index (χ3v) is 4.24. The second kappa shape index (κ2) is 5.80. The Morgan fingerprint density at radius 3 is 2.76 bits per heavy atom. The summed E-state index contributed by atoms with van der Waals surface area (Å²) in [6.07, 6.45) is 5.82. The Labute approximate surface area is 124 Å². The summed E-state index contributed by atoms with van der Waals surface area (Å²) in [5, 5.41) is 3.97. The van der Waals surface area contributed by atoms with Crippen LogP contribution >= 0.6 is 0 Å². The lowest BCUT2D eigenvalue weighted by Gasteiger charge is -2.22. The Hall–Kier alpha value is -1.97. The molecule has 0 unspecified atom stereocenters. The zero-order chi connectivity index (χ0) is 14.8. The molecule has 0 aliphatic heterocycles. The summed E-state index contributed by atoms with van der Waals surface area (Å²) in [6.45, 7) is 1.84. The van der Waals surface area contributed by atoms with E-state index in [1.54, 1.807) is 7.11 Å². The van der Waals surface area contributed by atoms with E-state index in [2.05, 4.69) is 5.32 Å². The molecule has 1 fully saturated rings. The van der Waals surface area contributed by atoms with Crippen LogP contribution in [0.5, 0.6) is 5.75 Å². The van der Waals surface area contributed by atoms with Gasteiger partial charge in [-0.2, -0.15) is 0 Å². The number of furan rings is 1. The highest BCUT2D eigenvalue weighted by atomic mass is 16.5. The number of rotatable bonds is 3. The van der Waals surface area contributed by atoms with Crippen molar-refractivity contribution < 1.29 is 13.9 Å². The standard InChI is InChI=1S/C17H21NO3/c1-11-16(17(19)18-12-6-4-3-5-7-12)14-10-13(20-2)8-9-15(14)21-11/h8-10,12H,3-7H2,1-2H3,(H,18,19). The highest BCUT2D eigenvalue weighted by molar-refractivity contribution is 6.07. The van der Waals surface area contributed by atoms with Crippen molar-refractivity contribution in [2.24, 2.45) is 0 Å². The van der Waals surface area contributed by atoms with E-state index in [4.69, 9.17) is 9.15 Å². The quantitative estimate of drug-likeness (QED) is 0.933. The van der Waals surface area contributed by atoms with Crippen LogP contribution in [0.1, 0.15) is 48.2 Å². The predicted octanol–water partition coefficient (Wildman–Crippen LogP) is 3.81. The first-order valence-electron chi connectivity index (χ1n) is 7.57. The van der Waals surface area contributed by atoms with Crippen LogP contribution in [-0.4, -0.2) is 19.1 Å². The van der Waals surface area contributed by atoms with E-state index >= 15 is 0 Å². The number of hydrogen-bond acceptors (Lipinski definition) is 3. The first-order valence-corrected chi connectivity index (χ1v) is 7.57. The lowest BCUT2D eigenvalue weighted by Crippen LogP contribution is -2.36. The molecule has 112 valence electrons. The van der Waals surface area contributed by atoms with E-state index in [9.17, 15) is 4.79 Å². The fourth-order valence-corrected chi connectivity index (χ4v) is 3.11. The topological polar surface area (TPSA) is 51.5 Å². The average molecular weight is 287 g/mol. The number of carbonyl (C=O) groups is 1. The van der Waals surface area contributed by atoms with Crippen LogP contribution in [0.15, 0.2) is 22.6 Å². The molecule has 0 spiro atoms. The molecule has 1 aromatic heterocycles. The van der Waals surface area contributed by atoms with Gasteiger partial charge in [0, 0.05) is 11.4 Å². The van der Waals surface area contributed by atoms with Gasteiger partial charge in [0.25, 0.3) is 5.91 Å². The van der Waals surface area contributed by atoms with Gasteiger partial charge >= 0.3 is 0 Å². The maximum Gasteiger partial charge on any atom is 0.255 e. The monoisotopic (exact) mass is 287 g/mol. The number of amides is 1. The molecule has 1 heterocycles. The summed E-state index contributed by atoms with van der Waals surface area (Å²) >= 11 is 0. The van der Waals surface area contributed by atoms with E-state index in [0.717, 1.165) is 29.6 Å². The minimum absolute atomic E-state index is 0.0357. The molecule has 1 N–H and O–H groups in total. The van der Waals surface area contributed by atoms with Crippen molar-refractivity contribution >= 4 is 16.9 Å². The number of methoxy groups -OCH3 is 1. The summed E-state index contributed by atoms with van der Waals surface area (Å²) < 4.78 is 10.9. The molecule has 0 saturated heterocycles. The van der Waals surface area contributed by atoms with Crippen molar-refractivity contribution in [2.75, 3.05) is 7.11 Å². The molecule has 0 atom stereocenters. The molecule has 1 saturated carbocycles. The van der Waals surface area contributed by atoms with Crippen LogP contribution in [0.25, 0.3) is 11.0 Å². The van der Waals surface area contributed by atoms with Crippen molar-refractivity contribution in [3.8, 4) is 5.75 Å². The molecule has 3 rings (SSSR count). The Morgan fingerprint density at radius 2 is 2.05 bits per heavy atom. The third-order valence-electron chi connectivity index (χ3n) is 4.24. The number of aryl methyl sites for hydroxylation is 1. The predicted molar refractivity (Wildman–Crippen MR) is 81.8 cm³/mol. The molecule has 1 amide bonds. The van der Waals surface area contributed by atoms with Crippen molar-refractivity contribution in [3.05, 3.63) is 29.5 Å². The first-order chi connectivity index (χ1) is 10.2. The van der Waals surface area contributed by atoms with Crippen LogP contribution in [0.3, 0.4) is 0 Å². The van der Waals surface area contributed by atoms with Gasteiger partial charge < -0.3 is 14.5 Å². The number of benzene rings is 1. The lowest BCUT2D eigenvalue weighted by molar-refractivity contribution is 0.0927. The SMILES string of the molecule is COc1ccc2oc(C)c(C(=O)NC3CCCCC3)c2c1. The van der Waals surface area contributed by atoms with Gasteiger partial charge in [-0.3, -0.25) is 4.79 Å². The van der Waals surface area contributed by atoms with Crippen LogP contribution in [0, 0.1) is 6.92 Å². The van der Waals surface area contributed by atoms with Crippen molar-refractivity contribution in [1.82, 2.24) is 5.32 Å². The molecule has 2 aromatic rings. The second-order valence-electron chi connectivity index (χ2n) is 5.70. The van der Waals surface area contributed by atoms with Gasteiger partial charge in [0.1, 0.15) is 17.1 Å². The van der Waals surface area contributed by atoms with Gasteiger partial charge in [-0.05, 0) is 38.0 Å². The van der Waals surface area contributed by atoms with Crippen molar-refractivity contribution in [2.45, 2.75) is 45.1 Å². The number of hydrogen-bond donors (Lipinski definition) is 1. The Morgan fingerprint density at radius 1 is 1.29 bits per heavy atom. The molecule has 0 radical (unpaired) electrons. The number of carbonyl (C=O) groups excluding carboxylic acids is 1. The van der Waals surface area contributed by atoms with Gasteiger partial charge in [-0.15, -0.1) is 0 Å². The summed E-state index contributed by atoms with van der Waals surface area (Å²) in [7, 11) is 1.62. The number of ether oxygens (including phenoxy) is 1. The van der Waals surface area contributed by atoms with Crippen LogP contribution < -0.4 is 10.1 Å². The average Bonchev–Trinajstić information content (AvgIpc) is 2.83. The first kappa shape index (κ1) is 14.0. The second-order valence-corrected chi connectivity index (χ2v) is 5.70. The summed E-state index contributed by atoms with van der Waals surface area (Å²) in [6, 6.07) is 5.84.